The minimum Gasteiger partial charge on any atom is -0.444 e. The van der Waals surface area contributed by atoms with E-state index in [2.05, 4.69) is 23.6 Å². The van der Waals surface area contributed by atoms with Crippen molar-refractivity contribution in [2.75, 3.05) is 6.54 Å². The highest BCUT2D eigenvalue weighted by atomic mass is 16.6. The molecule has 1 aromatic rings. The minimum atomic E-state index is -0.484. The molecular weight excluding hydrogens is 278 g/mol. The Balaban J connectivity index is 2.38. The van der Waals surface area contributed by atoms with Gasteiger partial charge in [-0.25, -0.2) is 4.79 Å². The van der Waals surface area contributed by atoms with E-state index in [0.29, 0.717) is 18.7 Å². The van der Waals surface area contributed by atoms with E-state index < -0.39 is 11.7 Å². The topological polar surface area (TPSA) is 74.2 Å². The molecule has 1 unspecified atom stereocenters. The molecule has 0 spiro atoms. The maximum Gasteiger partial charge on any atom is 0.407 e. The monoisotopic (exact) mass is 303 g/mol. The fourth-order valence-corrected chi connectivity index (χ4v) is 1.84. The lowest BCUT2D eigenvalue weighted by atomic mass is 10.1. The highest BCUT2D eigenvalue weighted by Crippen LogP contribution is 2.07. The van der Waals surface area contributed by atoms with Crippen LogP contribution in [0.3, 0.4) is 0 Å². The van der Waals surface area contributed by atoms with E-state index in [1.165, 1.54) is 0 Å². The number of benzene rings is 1. The predicted octanol–water partition coefficient (Wildman–Crippen LogP) is 2.95. The van der Waals surface area contributed by atoms with Gasteiger partial charge in [-0.15, -0.1) is 0 Å². The van der Waals surface area contributed by atoms with Crippen LogP contribution in [-0.4, -0.2) is 24.3 Å². The molecule has 120 valence electrons. The third-order valence-corrected chi connectivity index (χ3v) is 3.06. The number of ether oxygens (including phenoxy) is 1. The summed E-state index contributed by atoms with van der Waals surface area (Å²) in [5, 5.41) is 14.9. The quantitative estimate of drug-likeness (QED) is 0.847. The Bertz CT molecular complexity index is 512. The number of carbonyl (C=O) groups is 1. The fourth-order valence-electron chi connectivity index (χ4n) is 1.84. The Kier molecular flexibility index (Phi) is 6.87. The van der Waals surface area contributed by atoms with Crippen molar-refractivity contribution in [1.82, 2.24) is 10.6 Å². The zero-order valence-corrected chi connectivity index (χ0v) is 13.8. The molecule has 5 nitrogen and oxygen atoms in total. The second kappa shape index (κ2) is 8.40. The summed E-state index contributed by atoms with van der Waals surface area (Å²) in [7, 11) is 0. The Labute approximate surface area is 132 Å². The number of nitrogens with one attached hydrogen (secondary N) is 2. The molecule has 1 atom stereocenters. The molecule has 0 radical (unpaired) electrons. The Morgan fingerprint density at radius 3 is 2.45 bits per heavy atom. The number of amides is 1. The van der Waals surface area contributed by atoms with Crippen LogP contribution in [0.5, 0.6) is 0 Å². The summed E-state index contributed by atoms with van der Waals surface area (Å²) in [6.45, 7) is 8.79. The van der Waals surface area contributed by atoms with Crippen molar-refractivity contribution in [2.45, 2.75) is 52.3 Å². The first-order chi connectivity index (χ1) is 10.3. The number of hydrogen-bond donors (Lipinski definition) is 2. The van der Waals surface area contributed by atoms with E-state index in [-0.39, 0.29) is 6.04 Å². The van der Waals surface area contributed by atoms with Crippen LogP contribution in [0.2, 0.25) is 0 Å². The van der Waals surface area contributed by atoms with Gasteiger partial charge in [-0.2, -0.15) is 5.26 Å². The van der Waals surface area contributed by atoms with Crippen LogP contribution < -0.4 is 10.6 Å². The standard InChI is InChI=1S/C17H25N3O2/c1-5-15(12-20-16(21)22-17(2,3)4)19-11-14-8-6-13(10-18)7-9-14/h6-9,15,19H,5,11-12H2,1-4H3,(H,20,21). The highest BCUT2D eigenvalue weighted by Gasteiger charge is 2.16. The van der Waals surface area contributed by atoms with Gasteiger partial charge >= 0.3 is 6.09 Å². The van der Waals surface area contributed by atoms with E-state index in [0.717, 1.165) is 12.0 Å². The second-order valence-electron chi connectivity index (χ2n) is 6.18. The lowest BCUT2D eigenvalue weighted by molar-refractivity contribution is 0.0522. The van der Waals surface area contributed by atoms with Crippen LogP contribution >= 0.6 is 0 Å². The van der Waals surface area contributed by atoms with Crippen LogP contribution in [0.15, 0.2) is 24.3 Å². The molecule has 0 aliphatic carbocycles. The number of nitrogens with zero attached hydrogens (tertiary/aromatic N) is 1. The summed E-state index contributed by atoms with van der Waals surface area (Å²) in [4.78, 5) is 11.6. The summed E-state index contributed by atoms with van der Waals surface area (Å²) in [5.41, 5.74) is 1.28. The van der Waals surface area contributed by atoms with E-state index in [9.17, 15) is 4.79 Å². The lowest BCUT2D eigenvalue weighted by Gasteiger charge is -2.22. The first kappa shape index (κ1) is 18.0. The van der Waals surface area contributed by atoms with Crippen molar-refractivity contribution in [3.05, 3.63) is 35.4 Å². The molecule has 0 bridgehead atoms. The summed E-state index contributed by atoms with van der Waals surface area (Å²) < 4.78 is 5.21. The largest absolute Gasteiger partial charge is 0.444 e. The maximum absolute atomic E-state index is 11.6. The fraction of sp³-hybridized carbons (Fsp3) is 0.529. The smallest absolute Gasteiger partial charge is 0.407 e. The first-order valence-electron chi connectivity index (χ1n) is 7.53. The van der Waals surface area contributed by atoms with Crippen LogP contribution in [0, 0.1) is 11.3 Å². The van der Waals surface area contributed by atoms with Crippen LogP contribution in [0.4, 0.5) is 4.79 Å². The molecule has 0 aliphatic heterocycles. The van der Waals surface area contributed by atoms with Crippen molar-refractivity contribution in [1.29, 1.82) is 5.26 Å². The number of carbonyl (C=O) groups excluding carboxylic acids is 1. The summed E-state index contributed by atoms with van der Waals surface area (Å²) in [6, 6.07) is 9.73. The Hall–Kier alpha value is -2.06. The van der Waals surface area contributed by atoms with Crippen molar-refractivity contribution in [3.63, 3.8) is 0 Å². The molecule has 0 aromatic heterocycles. The minimum absolute atomic E-state index is 0.170. The van der Waals surface area contributed by atoms with Gasteiger partial charge in [0.15, 0.2) is 0 Å². The molecule has 0 heterocycles. The van der Waals surface area contributed by atoms with Gasteiger partial charge in [0.05, 0.1) is 11.6 Å². The van der Waals surface area contributed by atoms with Gasteiger partial charge in [0.25, 0.3) is 0 Å². The van der Waals surface area contributed by atoms with Crippen molar-refractivity contribution >= 4 is 6.09 Å². The maximum atomic E-state index is 11.6. The summed E-state index contributed by atoms with van der Waals surface area (Å²) in [5.74, 6) is 0. The van der Waals surface area contributed by atoms with Crippen molar-refractivity contribution in [3.8, 4) is 6.07 Å². The average molecular weight is 303 g/mol. The van der Waals surface area contributed by atoms with Crippen molar-refractivity contribution < 1.29 is 9.53 Å². The van der Waals surface area contributed by atoms with E-state index in [1.54, 1.807) is 12.1 Å². The van der Waals surface area contributed by atoms with Gasteiger partial charge in [0.2, 0.25) is 0 Å². The zero-order chi connectivity index (χ0) is 16.6. The van der Waals surface area contributed by atoms with E-state index in [4.69, 9.17) is 10.00 Å². The number of hydrogen-bond acceptors (Lipinski definition) is 4. The van der Waals surface area contributed by atoms with E-state index >= 15 is 0 Å². The SMILES string of the molecule is CCC(CNC(=O)OC(C)(C)C)NCc1ccc(C#N)cc1. The second-order valence-corrected chi connectivity index (χ2v) is 6.18. The van der Waals surface area contributed by atoms with Gasteiger partial charge in [-0.1, -0.05) is 19.1 Å². The molecule has 5 heteroatoms. The van der Waals surface area contributed by atoms with Gasteiger partial charge < -0.3 is 15.4 Å². The van der Waals surface area contributed by atoms with Crippen LogP contribution in [0.1, 0.15) is 45.2 Å². The normalized spacial score (nSPS) is 12.3. The predicted molar refractivity (Wildman–Crippen MR) is 86.3 cm³/mol. The van der Waals surface area contributed by atoms with Gasteiger partial charge in [-0.3, -0.25) is 0 Å². The van der Waals surface area contributed by atoms with Crippen molar-refractivity contribution in [2.24, 2.45) is 0 Å². The molecule has 0 aliphatic rings. The first-order valence-corrected chi connectivity index (χ1v) is 7.53. The molecular formula is C17H25N3O2. The molecule has 0 saturated heterocycles. The molecule has 0 fully saturated rings. The van der Waals surface area contributed by atoms with Crippen LogP contribution in [0.25, 0.3) is 0 Å². The van der Waals surface area contributed by atoms with Gasteiger partial charge in [0.1, 0.15) is 5.60 Å². The lowest BCUT2D eigenvalue weighted by Crippen LogP contribution is -2.42. The Morgan fingerprint density at radius 1 is 1.32 bits per heavy atom. The Morgan fingerprint density at radius 2 is 1.95 bits per heavy atom. The third kappa shape index (κ3) is 7.09. The zero-order valence-electron chi connectivity index (χ0n) is 13.8. The van der Waals surface area contributed by atoms with Gasteiger partial charge in [-0.05, 0) is 44.9 Å². The molecule has 1 rings (SSSR count). The van der Waals surface area contributed by atoms with Crippen LogP contribution in [-0.2, 0) is 11.3 Å². The van der Waals surface area contributed by atoms with E-state index in [1.807, 2.05) is 32.9 Å². The summed E-state index contributed by atoms with van der Waals surface area (Å²) >= 11 is 0. The number of rotatable bonds is 6. The molecule has 2 N–H and O–H groups in total. The number of alkyl carbamates (subject to hydrolysis) is 1. The molecule has 1 amide bonds. The highest BCUT2D eigenvalue weighted by molar-refractivity contribution is 5.67. The molecule has 22 heavy (non-hydrogen) atoms. The third-order valence-electron chi connectivity index (χ3n) is 3.06. The average Bonchev–Trinajstić information content (AvgIpc) is 2.46. The summed E-state index contributed by atoms with van der Waals surface area (Å²) in [6.07, 6.45) is 0.498. The number of nitriles is 1. The molecule has 0 saturated carbocycles. The molecule has 1 aromatic carbocycles. The van der Waals surface area contributed by atoms with Gasteiger partial charge in [0, 0.05) is 19.1 Å².